The maximum atomic E-state index is 13.5. The maximum absolute atomic E-state index is 13.5. The highest BCUT2D eigenvalue weighted by Crippen LogP contribution is 2.30. The number of rotatable bonds is 3. The number of nitrogens with zero attached hydrogens (tertiary/aromatic N) is 1. The third kappa shape index (κ3) is 3.22. The first-order valence-electron chi connectivity index (χ1n) is 7.10. The molecule has 0 radical (unpaired) electrons. The van der Waals surface area contributed by atoms with Gasteiger partial charge in [-0.25, -0.2) is 4.39 Å². The zero-order valence-electron chi connectivity index (χ0n) is 12.2. The van der Waals surface area contributed by atoms with Crippen LogP contribution in [0.2, 0.25) is 10.0 Å². The van der Waals surface area contributed by atoms with Crippen molar-refractivity contribution in [2.24, 2.45) is 0 Å². The van der Waals surface area contributed by atoms with E-state index in [-0.39, 0.29) is 11.6 Å². The van der Waals surface area contributed by atoms with Gasteiger partial charge in [0, 0.05) is 23.7 Å². The van der Waals surface area contributed by atoms with E-state index in [9.17, 15) is 4.39 Å². The van der Waals surface area contributed by atoms with Gasteiger partial charge >= 0.3 is 0 Å². The van der Waals surface area contributed by atoms with Crippen molar-refractivity contribution in [1.29, 1.82) is 0 Å². The third-order valence-corrected chi connectivity index (χ3v) is 4.53. The van der Waals surface area contributed by atoms with Gasteiger partial charge in [0.25, 0.3) is 0 Å². The van der Waals surface area contributed by atoms with Crippen LogP contribution in [0.15, 0.2) is 30.3 Å². The van der Waals surface area contributed by atoms with Gasteiger partial charge in [-0.15, -0.1) is 0 Å². The molecule has 0 bridgehead atoms. The number of ether oxygens (including phenoxy) is 1. The molecular weight excluding hydrogens is 324 g/mol. The van der Waals surface area contributed by atoms with E-state index in [4.69, 9.17) is 27.9 Å². The van der Waals surface area contributed by atoms with Gasteiger partial charge in [0.15, 0.2) is 0 Å². The maximum Gasteiger partial charge on any atom is 0.142 e. The average molecular weight is 340 g/mol. The molecule has 1 aliphatic rings. The van der Waals surface area contributed by atoms with Crippen LogP contribution in [-0.4, -0.2) is 18.5 Å². The third-order valence-electron chi connectivity index (χ3n) is 3.89. The monoisotopic (exact) mass is 339 g/mol. The minimum atomic E-state index is -0.485. The van der Waals surface area contributed by atoms with E-state index in [1.54, 1.807) is 0 Å². The fraction of sp³-hybridized carbons (Fsp3) is 0.294. The van der Waals surface area contributed by atoms with Crippen LogP contribution in [-0.2, 0) is 19.6 Å². The van der Waals surface area contributed by atoms with E-state index >= 15 is 0 Å². The summed E-state index contributed by atoms with van der Waals surface area (Å²) in [5.74, 6) is 0.360. The summed E-state index contributed by atoms with van der Waals surface area (Å²) in [5.41, 5.74) is 3.10. The molecular formula is C17H16Cl2FNO. The summed E-state index contributed by atoms with van der Waals surface area (Å²) in [6.07, 6.45) is 0.949. The predicted molar refractivity (Wildman–Crippen MR) is 87.2 cm³/mol. The van der Waals surface area contributed by atoms with Gasteiger partial charge in [-0.2, -0.15) is 0 Å². The summed E-state index contributed by atoms with van der Waals surface area (Å²) in [6.45, 7) is 2.14. The second-order valence-electron chi connectivity index (χ2n) is 5.53. The van der Waals surface area contributed by atoms with Gasteiger partial charge < -0.3 is 9.64 Å². The molecule has 0 aliphatic carbocycles. The molecule has 2 nitrogen and oxygen atoms in total. The lowest BCUT2D eigenvalue weighted by atomic mass is 9.99. The van der Waals surface area contributed by atoms with Crippen molar-refractivity contribution < 1.29 is 9.13 Å². The van der Waals surface area contributed by atoms with Crippen LogP contribution < -0.4 is 4.74 Å². The lowest BCUT2D eigenvalue weighted by molar-refractivity contribution is 0.283. The van der Waals surface area contributed by atoms with Gasteiger partial charge in [0.1, 0.15) is 18.2 Å². The normalized spacial score (nSPS) is 14.7. The summed E-state index contributed by atoms with van der Waals surface area (Å²) in [6, 6.07) is 8.79. The Labute approximate surface area is 139 Å². The predicted octanol–water partition coefficient (Wildman–Crippen LogP) is 4.70. The van der Waals surface area contributed by atoms with Crippen LogP contribution in [0.5, 0.6) is 5.75 Å². The van der Waals surface area contributed by atoms with Crippen molar-refractivity contribution in [3.63, 3.8) is 0 Å². The van der Waals surface area contributed by atoms with E-state index in [0.29, 0.717) is 10.6 Å². The van der Waals surface area contributed by atoms with Crippen molar-refractivity contribution >= 4 is 23.2 Å². The molecule has 0 fully saturated rings. The Morgan fingerprint density at radius 3 is 2.86 bits per heavy atom. The molecule has 2 aromatic carbocycles. The highest BCUT2D eigenvalue weighted by atomic mass is 35.5. The first-order valence-corrected chi connectivity index (χ1v) is 7.85. The van der Waals surface area contributed by atoms with Crippen molar-refractivity contribution in [3.05, 3.63) is 62.9 Å². The van der Waals surface area contributed by atoms with Crippen LogP contribution in [0.25, 0.3) is 0 Å². The van der Waals surface area contributed by atoms with E-state index in [0.717, 1.165) is 25.3 Å². The van der Waals surface area contributed by atoms with Crippen LogP contribution >= 0.6 is 23.2 Å². The van der Waals surface area contributed by atoms with E-state index in [2.05, 4.69) is 18.0 Å². The number of fused-ring (bicyclic) bond motifs is 1. The molecule has 116 valence electrons. The van der Waals surface area contributed by atoms with Crippen LogP contribution in [0.1, 0.15) is 16.7 Å². The van der Waals surface area contributed by atoms with Gasteiger partial charge in [-0.1, -0.05) is 35.3 Å². The number of halogens is 3. The standard InChI is InChI=1S/C17H16Cl2FNO/c1-21-6-5-13-11(9-21)3-2-4-17(13)22-10-12-7-16(20)15(19)8-14(12)18/h2-4,7-8H,5-6,9-10H2,1H3. The van der Waals surface area contributed by atoms with Crippen molar-refractivity contribution in [3.8, 4) is 5.75 Å². The lowest BCUT2D eigenvalue weighted by Crippen LogP contribution is -2.26. The van der Waals surface area contributed by atoms with E-state index in [1.165, 1.54) is 23.3 Å². The molecule has 0 amide bonds. The quantitative estimate of drug-likeness (QED) is 0.751. The fourth-order valence-corrected chi connectivity index (χ4v) is 3.12. The highest BCUT2D eigenvalue weighted by Gasteiger charge is 2.17. The molecule has 1 heterocycles. The van der Waals surface area contributed by atoms with E-state index in [1.807, 2.05) is 12.1 Å². The zero-order chi connectivity index (χ0) is 15.7. The number of hydrogen-bond acceptors (Lipinski definition) is 2. The first kappa shape index (κ1) is 15.6. The summed E-state index contributed by atoms with van der Waals surface area (Å²) >= 11 is 11.8. The molecule has 0 saturated carbocycles. The second-order valence-corrected chi connectivity index (χ2v) is 6.34. The van der Waals surface area contributed by atoms with Gasteiger partial charge in [-0.3, -0.25) is 0 Å². The molecule has 0 unspecified atom stereocenters. The van der Waals surface area contributed by atoms with Crippen LogP contribution in [0.3, 0.4) is 0 Å². The summed E-state index contributed by atoms with van der Waals surface area (Å²) < 4.78 is 19.4. The highest BCUT2D eigenvalue weighted by molar-refractivity contribution is 6.35. The largest absolute Gasteiger partial charge is 0.489 e. The Bertz CT molecular complexity index is 705. The SMILES string of the molecule is CN1CCc2c(cccc2OCc2cc(F)c(Cl)cc2Cl)C1. The number of hydrogen-bond donors (Lipinski definition) is 0. The minimum absolute atomic E-state index is 0.0221. The Balaban J connectivity index is 1.80. The minimum Gasteiger partial charge on any atom is -0.489 e. The summed E-state index contributed by atoms with van der Waals surface area (Å²) in [4.78, 5) is 2.28. The Hall–Kier alpha value is -1.29. The second kappa shape index (κ2) is 6.45. The molecule has 1 aliphatic heterocycles. The van der Waals surface area contributed by atoms with Gasteiger partial charge in [-0.05, 0) is 42.8 Å². The van der Waals surface area contributed by atoms with Crippen LogP contribution in [0.4, 0.5) is 4.39 Å². The first-order chi connectivity index (χ1) is 10.5. The van der Waals surface area contributed by atoms with Crippen molar-refractivity contribution in [2.75, 3.05) is 13.6 Å². The Morgan fingerprint density at radius 2 is 2.05 bits per heavy atom. The molecule has 22 heavy (non-hydrogen) atoms. The molecule has 2 aromatic rings. The smallest absolute Gasteiger partial charge is 0.142 e. The van der Waals surface area contributed by atoms with Crippen LogP contribution in [0, 0.1) is 5.82 Å². The van der Waals surface area contributed by atoms with Crippen molar-refractivity contribution in [2.45, 2.75) is 19.6 Å². The molecule has 3 rings (SSSR count). The lowest BCUT2D eigenvalue weighted by Gasteiger charge is -2.26. The molecule has 0 spiro atoms. The molecule has 0 saturated heterocycles. The molecule has 0 N–H and O–H groups in total. The van der Waals surface area contributed by atoms with Gasteiger partial charge in [0.2, 0.25) is 0 Å². The summed E-state index contributed by atoms with van der Waals surface area (Å²) in [7, 11) is 2.10. The topological polar surface area (TPSA) is 12.5 Å². The van der Waals surface area contributed by atoms with Crippen molar-refractivity contribution in [1.82, 2.24) is 4.90 Å². The zero-order valence-corrected chi connectivity index (χ0v) is 13.7. The van der Waals surface area contributed by atoms with Gasteiger partial charge in [0.05, 0.1) is 5.02 Å². The Kier molecular flexibility index (Phi) is 4.57. The fourth-order valence-electron chi connectivity index (χ4n) is 2.68. The number of benzene rings is 2. The average Bonchev–Trinajstić information content (AvgIpc) is 2.49. The summed E-state index contributed by atoms with van der Waals surface area (Å²) in [5, 5.41) is 0.435. The molecule has 0 aromatic heterocycles. The van der Waals surface area contributed by atoms with E-state index < -0.39 is 5.82 Å². The number of likely N-dealkylation sites (N-methyl/N-ethyl adjacent to an activating group) is 1. The molecule has 5 heteroatoms. The molecule has 0 atom stereocenters. The Morgan fingerprint density at radius 1 is 1.23 bits per heavy atom.